The molecule has 6 heteroatoms. The molecule has 160 valence electrons. The number of aliphatic hydroxyl groups excluding tert-OH is 1. The molecule has 31 heavy (non-hydrogen) atoms. The van der Waals surface area contributed by atoms with E-state index in [9.17, 15) is 14.0 Å². The quantitative estimate of drug-likeness (QED) is 0.617. The van der Waals surface area contributed by atoms with Gasteiger partial charge in [0.15, 0.2) is 5.78 Å². The van der Waals surface area contributed by atoms with Crippen LogP contribution in [0.25, 0.3) is 0 Å². The van der Waals surface area contributed by atoms with Crippen molar-refractivity contribution in [3.8, 4) is 0 Å². The molecule has 3 aromatic rings. The minimum absolute atomic E-state index is 0.163. The summed E-state index contributed by atoms with van der Waals surface area (Å²) in [4.78, 5) is 24.4. The number of pyridine rings is 1. The van der Waals surface area contributed by atoms with Gasteiger partial charge in [-0.05, 0) is 54.2 Å². The third kappa shape index (κ3) is 4.36. The normalized spacial score (nSPS) is 18.6. The maximum Gasteiger partial charge on any atom is 0.251 e. The van der Waals surface area contributed by atoms with Crippen molar-refractivity contribution in [1.82, 2.24) is 4.57 Å². The first kappa shape index (κ1) is 21.2. The van der Waals surface area contributed by atoms with Gasteiger partial charge in [0, 0.05) is 24.4 Å². The Morgan fingerprint density at radius 3 is 2.39 bits per heavy atom. The summed E-state index contributed by atoms with van der Waals surface area (Å²) in [5, 5.41) is 8.96. The number of aromatic nitrogens is 1. The van der Waals surface area contributed by atoms with E-state index in [-0.39, 0.29) is 17.2 Å². The zero-order valence-electron chi connectivity index (χ0n) is 17.1. The number of nitrogens with zero attached hydrogens (tertiary/aromatic N) is 1. The fraction of sp³-hybridized carbons (Fsp3) is 0.280. The third-order valence-electron chi connectivity index (χ3n) is 5.82. The van der Waals surface area contributed by atoms with Crippen molar-refractivity contribution in [2.24, 2.45) is 0 Å². The molecule has 1 atom stereocenters. The summed E-state index contributed by atoms with van der Waals surface area (Å²) in [6, 6.07) is 16.6. The van der Waals surface area contributed by atoms with Crippen LogP contribution < -0.4 is 5.56 Å². The molecule has 1 unspecified atom stereocenters. The summed E-state index contributed by atoms with van der Waals surface area (Å²) in [6.45, 7) is 0.411. The monoisotopic (exact) mass is 421 g/mol. The third-order valence-corrected chi connectivity index (χ3v) is 5.82. The highest BCUT2D eigenvalue weighted by atomic mass is 19.1. The number of hydrogen-bond donors (Lipinski definition) is 1. The van der Waals surface area contributed by atoms with Crippen LogP contribution in [0.5, 0.6) is 0 Å². The van der Waals surface area contributed by atoms with Crippen molar-refractivity contribution in [1.29, 1.82) is 0 Å². The Morgan fingerprint density at radius 1 is 1.03 bits per heavy atom. The number of halogens is 1. The Labute approximate surface area is 179 Å². The molecule has 5 nitrogen and oxygen atoms in total. The molecule has 0 aliphatic carbocycles. The highest BCUT2D eigenvalue weighted by molar-refractivity contribution is 5.96. The zero-order chi connectivity index (χ0) is 21.8. The van der Waals surface area contributed by atoms with Crippen LogP contribution in [0.15, 0.2) is 71.7 Å². The summed E-state index contributed by atoms with van der Waals surface area (Å²) in [5.74, 6) is -0.650. The average molecular weight is 421 g/mol. The largest absolute Gasteiger partial charge is 0.388 e. The highest BCUT2D eigenvalue weighted by Crippen LogP contribution is 2.40. The lowest BCUT2D eigenvalue weighted by atomic mass is 9.81. The first-order chi connectivity index (χ1) is 15.0. The lowest BCUT2D eigenvalue weighted by Gasteiger charge is -2.38. The van der Waals surface area contributed by atoms with E-state index in [1.54, 1.807) is 53.2 Å². The molecule has 0 bridgehead atoms. The minimum Gasteiger partial charge on any atom is -0.388 e. The highest BCUT2D eigenvalue weighted by Gasteiger charge is 2.37. The fourth-order valence-corrected chi connectivity index (χ4v) is 4.11. The van der Waals surface area contributed by atoms with Crippen LogP contribution >= 0.6 is 0 Å². The summed E-state index contributed by atoms with van der Waals surface area (Å²) in [5.41, 5.74) is 2.00. The fourth-order valence-electron chi connectivity index (χ4n) is 4.11. The second-order valence-electron chi connectivity index (χ2n) is 7.80. The number of Topliss-reactive ketones (excluding diaryl/α,β-unsaturated/α-hetero) is 1. The number of ketones is 1. The van der Waals surface area contributed by atoms with Crippen molar-refractivity contribution in [3.63, 3.8) is 0 Å². The van der Waals surface area contributed by atoms with Crippen LogP contribution in [0.3, 0.4) is 0 Å². The van der Waals surface area contributed by atoms with Gasteiger partial charge in [0.2, 0.25) is 0 Å². The Bertz CT molecular complexity index is 1110. The number of aliphatic hydroxyl groups is 1. The smallest absolute Gasteiger partial charge is 0.251 e. The molecule has 1 aliphatic heterocycles. The van der Waals surface area contributed by atoms with Crippen LogP contribution in [-0.2, 0) is 16.9 Å². The molecular weight excluding hydrogens is 397 g/mol. The zero-order valence-corrected chi connectivity index (χ0v) is 17.1. The predicted molar refractivity (Wildman–Crippen MR) is 115 cm³/mol. The summed E-state index contributed by atoms with van der Waals surface area (Å²) >= 11 is 0. The Hall–Kier alpha value is -3.09. The van der Waals surface area contributed by atoms with E-state index in [0.29, 0.717) is 18.7 Å². The molecule has 2 heterocycles. The topological polar surface area (TPSA) is 68.5 Å². The molecule has 0 amide bonds. The second-order valence-corrected chi connectivity index (χ2v) is 7.80. The molecule has 0 saturated carbocycles. The lowest BCUT2D eigenvalue weighted by Crippen LogP contribution is -2.36. The average Bonchev–Trinajstić information content (AvgIpc) is 2.81. The number of carbonyl (C=O) groups is 1. The Balaban J connectivity index is 1.63. The molecule has 1 saturated heterocycles. The van der Waals surface area contributed by atoms with E-state index >= 15 is 0 Å². The van der Waals surface area contributed by atoms with E-state index < -0.39 is 12.2 Å². The van der Waals surface area contributed by atoms with E-state index in [1.807, 2.05) is 6.07 Å². The van der Waals surface area contributed by atoms with Crippen molar-refractivity contribution < 1.29 is 19.0 Å². The van der Waals surface area contributed by atoms with Crippen LogP contribution in [-0.4, -0.2) is 28.7 Å². The Morgan fingerprint density at radius 2 is 1.77 bits per heavy atom. The van der Waals surface area contributed by atoms with Gasteiger partial charge in [-0.1, -0.05) is 36.4 Å². The SMILES string of the molecule is O=C(CO)c1ccc(Cn2ccc(C3(c4ccc(F)cc4)CCCCO3)cc2=O)cc1. The lowest BCUT2D eigenvalue weighted by molar-refractivity contribution is -0.0535. The standard InChI is InChI=1S/C25H24FNO4/c26-22-9-7-20(8-10-22)25(12-1-2-14-31-25)21-11-13-27(24(30)15-21)16-18-3-5-19(6-4-18)23(29)17-28/h3-11,13,15,28H,1-2,12,14,16-17H2. The molecule has 1 N–H and O–H groups in total. The second kappa shape index (κ2) is 8.96. The Kier molecular flexibility index (Phi) is 6.11. The van der Waals surface area contributed by atoms with Gasteiger partial charge < -0.3 is 14.4 Å². The molecule has 0 spiro atoms. The molecule has 1 fully saturated rings. The van der Waals surface area contributed by atoms with E-state index in [1.165, 1.54) is 12.1 Å². The molecule has 2 aromatic carbocycles. The number of hydrogen-bond acceptors (Lipinski definition) is 4. The van der Waals surface area contributed by atoms with Gasteiger partial charge in [-0.3, -0.25) is 9.59 Å². The van der Waals surface area contributed by atoms with E-state index in [0.717, 1.165) is 36.0 Å². The van der Waals surface area contributed by atoms with Gasteiger partial charge in [0.1, 0.15) is 18.0 Å². The maximum absolute atomic E-state index is 13.5. The summed E-state index contributed by atoms with van der Waals surface area (Å²) in [6.07, 6.45) is 4.38. The number of ether oxygens (including phenoxy) is 1. The van der Waals surface area contributed by atoms with Crippen LogP contribution in [0.1, 0.15) is 46.3 Å². The van der Waals surface area contributed by atoms with Gasteiger partial charge in [-0.25, -0.2) is 4.39 Å². The molecular formula is C25H24FNO4. The first-order valence-electron chi connectivity index (χ1n) is 10.4. The number of carbonyl (C=O) groups excluding carboxylic acids is 1. The van der Waals surface area contributed by atoms with Gasteiger partial charge >= 0.3 is 0 Å². The number of benzene rings is 2. The van der Waals surface area contributed by atoms with Crippen molar-refractivity contribution in [3.05, 3.63) is 105 Å². The molecule has 1 aromatic heterocycles. The first-order valence-corrected chi connectivity index (χ1v) is 10.4. The van der Waals surface area contributed by atoms with Gasteiger partial charge in [-0.15, -0.1) is 0 Å². The van der Waals surface area contributed by atoms with E-state index in [2.05, 4.69) is 0 Å². The molecule has 4 rings (SSSR count). The summed E-state index contributed by atoms with van der Waals surface area (Å²) in [7, 11) is 0. The number of rotatable bonds is 6. The van der Waals surface area contributed by atoms with Crippen molar-refractivity contribution >= 4 is 5.78 Å². The minimum atomic E-state index is -0.753. The molecule has 1 aliphatic rings. The van der Waals surface area contributed by atoms with E-state index in [4.69, 9.17) is 9.84 Å². The van der Waals surface area contributed by atoms with Crippen molar-refractivity contribution in [2.45, 2.75) is 31.4 Å². The van der Waals surface area contributed by atoms with Gasteiger partial charge in [0.25, 0.3) is 5.56 Å². The van der Waals surface area contributed by atoms with Crippen LogP contribution in [0.4, 0.5) is 4.39 Å². The van der Waals surface area contributed by atoms with Crippen LogP contribution in [0.2, 0.25) is 0 Å². The predicted octanol–water partition coefficient (Wildman–Crippen LogP) is 3.65. The van der Waals surface area contributed by atoms with Gasteiger partial charge in [0.05, 0.1) is 6.54 Å². The van der Waals surface area contributed by atoms with Gasteiger partial charge in [-0.2, -0.15) is 0 Å². The van der Waals surface area contributed by atoms with Crippen LogP contribution in [0, 0.1) is 5.82 Å². The summed E-state index contributed by atoms with van der Waals surface area (Å²) < 4.78 is 21.3. The van der Waals surface area contributed by atoms with Crippen molar-refractivity contribution in [2.75, 3.05) is 13.2 Å². The maximum atomic E-state index is 13.5. The molecule has 0 radical (unpaired) electrons.